The molecular formula is C23H27IN4O3S3. The summed E-state index contributed by atoms with van der Waals surface area (Å²) in [6.45, 7) is 1.46. The molecule has 0 aliphatic carbocycles. The van der Waals surface area contributed by atoms with E-state index in [4.69, 9.17) is 5.73 Å². The molecule has 0 atom stereocenters. The van der Waals surface area contributed by atoms with E-state index in [1.807, 2.05) is 42.7 Å². The van der Waals surface area contributed by atoms with Crippen LogP contribution in [0.5, 0.6) is 0 Å². The normalized spacial score (nSPS) is 11.7. The molecule has 0 aliphatic heterocycles. The molecule has 0 radical (unpaired) electrons. The summed E-state index contributed by atoms with van der Waals surface area (Å²) in [5.41, 5.74) is 9.63. The lowest BCUT2D eigenvalue weighted by Gasteiger charge is -2.05. The molecule has 0 bridgehead atoms. The van der Waals surface area contributed by atoms with Crippen molar-refractivity contribution < 1.29 is 13.2 Å². The summed E-state index contributed by atoms with van der Waals surface area (Å²) < 4.78 is 23.4. The molecule has 1 amide bonds. The van der Waals surface area contributed by atoms with E-state index < -0.39 is 9.84 Å². The highest BCUT2D eigenvalue weighted by molar-refractivity contribution is 14.0. The van der Waals surface area contributed by atoms with Gasteiger partial charge in [-0.25, -0.2) is 18.4 Å². The SMILES string of the molecule is CSC(N)=Nc1ccc(CCc2nc(NC(C)=O)sc2Cc2ccc(S(C)(=O)=O)cc2)cc1.I. The van der Waals surface area contributed by atoms with Crippen LogP contribution < -0.4 is 11.1 Å². The van der Waals surface area contributed by atoms with Crippen LogP contribution in [0.15, 0.2) is 58.4 Å². The van der Waals surface area contributed by atoms with Crippen molar-refractivity contribution in [2.45, 2.75) is 31.1 Å². The predicted molar refractivity (Wildman–Crippen MR) is 153 cm³/mol. The fourth-order valence-corrected chi connectivity index (χ4v) is 5.05. The third-order valence-corrected chi connectivity index (χ3v) is 7.46. The van der Waals surface area contributed by atoms with Gasteiger partial charge in [-0.1, -0.05) is 36.0 Å². The number of anilines is 1. The number of amidine groups is 1. The van der Waals surface area contributed by atoms with Gasteiger partial charge < -0.3 is 11.1 Å². The van der Waals surface area contributed by atoms with Crippen LogP contribution in [0, 0.1) is 0 Å². The van der Waals surface area contributed by atoms with Crippen molar-refractivity contribution in [1.82, 2.24) is 4.98 Å². The molecule has 3 rings (SSSR count). The lowest BCUT2D eigenvalue weighted by atomic mass is 10.0. The van der Waals surface area contributed by atoms with Gasteiger partial charge in [0.1, 0.15) is 0 Å². The van der Waals surface area contributed by atoms with E-state index in [-0.39, 0.29) is 29.9 Å². The lowest BCUT2D eigenvalue weighted by molar-refractivity contribution is -0.114. The highest BCUT2D eigenvalue weighted by atomic mass is 127. The van der Waals surface area contributed by atoms with Crippen LogP contribution in [-0.4, -0.2) is 37.0 Å². The zero-order valence-corrected chi connectivity index (χ0v) is 23.8. The Morgan fingerprint density at radius 2 is 1.71 bits per heavy atom. The summed E-state index contributed by atoms with van der Waals surface area (Å²) in [7, 11) is -3.23. The van der Waals surface area contributed by atoms with Gasteiger partial charge in [0.2, 0.25) is 5.91 Å². The summed E-state index contributed by atoms with van der Waals surface area (Å²) in [5, 5.41) is 3.86. The first-order valence-corrected chi connectivity index (χ1v) is 14.1. The molecule has 34 heavy (non-hydrogen) atoms. The molecule has 0 unspecified atom stereocenters. The fourth-order valence-electron chi connectivity index (χ4n) is 3.13. The number of thiazole rings is 1. The number of benzene rings is 2. The maximum Gasteiger partial charge on any atom is 0.223 e. The molecule has 0 saturated heterocycles. The van der Waals surface area contributed by atoms with Crippen LogP contribution in [0.2, 0.25) is 0 Å². The van der Waals surface area contributed by atoms with Gasteiger partial charge in [0.25, 0.3) is 0 Å². The second-order valence-electron chi connectivity index (χ2n) is 7.48. The van der Waals surface area contributed by atoms with Crippen LogP contribution in [0.4, 0.5) is 10.8 Å². The highest BCUT2D eigenvalue weighted by Crippen LogP contribution is 2.28. The first-order valence-electron chi connectivity index (χ1n) is 10.2. The number of rotatable bonds is 8. The number of carbonyl (C=O) groups is 1. The Labute approximate surface area is 225 Å². The van der Waals surface area contributed by atoms with E-state index in [0.29, 0.717) is 28.0 Å². The molecule has 0 fully saturated rings. The van der Waals surface area contributed by atoms with E-state index in [0.717, 1.165) is 33.8 Å². The second-order valence-corrected chi connectivity index (χ2v) is 11.4. The number of hydrogen-bond donors (Lipinski definition) is 2. The number of carbonyl (C=O) groups excluding carboxylic acids is 1. The minimum atomic E-state index is -3.23. The third kappa shape index (κ3) is 8.36. The molecular weight excluding hydrogens is 603 g/mol. The fraction of sp³-hybridized carbons (Fsp3) is 0.261. The molecule has 3 aromatic rings. The van der Waals surface area contributed by atoms with E-state index >= 15 is 0 Å². The average molecular weight is 631 g/mol. The van der Waals surface area contributed by atoms with Crippen LogP contribution >= 0.6 is 47.1 Å². The molecule has 0 saturated carbocycles. The molecule has 182 valence electrons. The molecule has 0 spiro atoms. The molecule has 3 N–H and O–H groups in total. The number of aromatic nitrogens is 1. The van der Waals surface area contributed by atoms with Crippen LogP contribution in [0.1, 0.15) is 28.6 Å². The van der Waals surface area contributed by atoms with Gasteiger partial charge in [-0.3, -0.25) is 4.79 Å². The standard InChI is InChI=1S/C23H26N4O3S3.HI/c1-15(28)25-23-27-20(13-8-16-4-9-18(10-5-16)26-22(24)31-2)21(32-23)14-17-6-11-19(12-7-17)33(3,29)30;/h4-7,9-12H,8,13-14H2,1-3H3,(H2,24,26)(H,25,27,28);1H. The van der Waals surface area contributed by atoms with Crippen molar-refractivity contribution in [2.24, 2.45) is 10.7 Å². The second kappa shape index (κ2) is 12.7. The average Bonchev–Trinajstić information content (AvgIpc) is 3.13. The zero-order chi connectivity index (χ0) is 24.0. The molecule has 1 heterocycles. The number of sulfone groups is 1. The van der Waals surface area contributed by atoms with Gasteiger partial charge in [-0.15, -0.1) is 35.3 Å². The van der Waals surface area contributed by atoms with Crippen LogP contribution in [0.25, 0.3) is 0 Å². The minimum Gasteiger partial charge on any atom is -0.378 e. The Bertz CT molecular complexity index is 1260. The molecule has 11 heteroatoms. The lowest BCUT2D eigenvalue weighted by Crippen LogP contribution is -2.05. The number of amides is 1. The summed E-state index contributed by atoms with van der Waals surface area (Å²) >= 11 is 2.85. The predicted octanol–water partition coefficient (Wildman–Crippen LogP) is 4.81. The number of nitrogens with two attached hydrogens (primary N) is 1. The minimum absolute atomic E-state index is 0. The molecule has 7 nitrogen and oxygen atoms in total. The molecule has 0 aliphatic rings. The number of thioether (sulfide) groups is 1. The van der Waals surface area contributed by atoms with Gasteiger partial charge in [0.15, 0.2) is 20.1 Å². The van der Waals surface area contributed by atoms with Gasteiger partial charge in [-0.05, 0) is 54.5 Å². The summed E-state index contributed by atoms with van der Waals surface area (Å²) in [4.78, 5) is 21.8. The van der Waals surface area contributed by atoms with Gasteiger partial charge in [-0.2, -0.15) is 0 Å². The van der Waals surface area contributed by atoms with Crippen molar-refractivity contribution >= 4 is 78.8 Å². The van der Waals surface area contributed by atoms with Crippen molar-refractivity contribution in [3.8, 4) is 0 Å². The Morgan fingerprint density at radius 3 is 2.26 bits per heavy atom. The number of nitrogens with zero attached hydrogens (tertiary/aromatic N) is 2. The summed E-state index contributed by atoms with van der Waals surface area (Å²) in [5.74, 6) is -0.167. The van der Waals surface area contributed by atoms with Gasteiger partial charge >= 0.3 is 0 Å². The topological polar surface area (TPSA) is 115 Å². The summed E-state index contributed by atoms with van der Waals surface area (Å²) in [6, 6.07) is 14.8. The first-order chi connectivity index (χ1) is 15.6. The number of hydrogen-bond acceptors (Lipinski definition) is 7. The largest absolute Gasteiger partial charge is 0.378 e. The Morgan fingerprint density at radius 1 is 1.09 bits per heavy atom. The van der Waals surface area contributed by atoms with Crippen molar-refractivity contribution in [1.29, 1.82) is 0 Å². The van der Waals surface area contributed by atoms with E-state index in [1.54, 1.807) is 12.1 Å². The third-order valence-electron chi connectivity index (χ3n) is 4.81. The summed E-state index contributed by atoms with van der Waals surface area (Å²) in [6.07, 6.45) is 5.18. The first kappa shape index (κ1) is 28.3. The Kier molecular flexibility index (Phi) is 10.5. The zero-order valence-electron chi connectivity index (χ0n) is 19.1. The maximum absolute atomic E-state index is 11.7. The number of halogens is 1. The van der Waals surface area contributed by atoms with Crippen molar-refractivity contribution in [3.05, 3.63) is 70.2 Å². The number of aliphatic imine (C=N–C) groups is 1. The van der Waals surface area contributed by atoms with E-state index in [1.165, 1.54) is 36.3 Å². The van der Waals surface area contributed by atoms with Crippen LogP contribution in [0.3, 0.4) is 0 Å². The highest BCUT2D eigenvalue weighted by Gasteiger charge is 2.14. The quantitative estimate of drug-likeness (QED) is 0.210. The van der Waals surface area contributed by atoms with E-state index in [9.17, 15) is 13.2 Å². The Balaban J connectivity index is 0.00000408. The smallest absolute Gasteiger partial charge is 0.223 e. The van der Waals surface area contributed by atoms with Crippen molar-refractivity contribution in [2.75, 3.05) is 17.8 Å². The number of nitrogens with one attached hydrogen (secondary N) is 1. The van der Waals surface area contributed by atoms with Crippen molar-refractivity contribution in [3.63, 3.8) is 0 Å². The van der Waals surface area contributed by atoms with Crippen LogP contribution in [-0.2, 0) is 33.9 Å². The van der Waals surface area contributed by atoms with Gasteiger partial charge in [0.05, 0.1) is 16.3 Å². The molecule has 1 aromatic heterocycles. The maximum atomic E-state index is 11.7. The van der Waals surface area contributed by atoms with E-state index in [2.05, 4.69) is 15.3 Å². The number of aryl methyl sites for hydroxylation is 2. The van der Waals surface area contributed by atoms with Gasteiger partial charge in [0, 0.05) is 24.5 Å². The monoisotopic (exact) mass is 630 g/mol. The Hall–Kier alpha value is -1.96. The molecule has 2 aromatic carbocycles.